The van der Waals surface area contributed by atoms with Crippen molar-refractivity contribution in [1.82, 2.24) is 14.9 Å². The molecule has 0 aromatic carbocycles. The number of hydrogen-bond acceptors (Lipinski definition) is 4. The lowest BCUT2D eigenvalue weighted by atomic mass is 9.89. The maximum absolute atomic E-state index is 5.52. The first kappa shape index (κ1) is 12.3. The second-order valence-corrected chi connectivity index (χ2v) is 5.13. The summed E-state index contributed by atoms with van der Waals surface area (Å²) in [4.78, 5) is 10.7. The van der Waals surface area contributed by atoms with Gasteiger partial charge in [0.1, 0.15) is 5.82 Å². The molecule has 1 aliphatic rings. The highest BCUT2D eigenvalue weighted by molar-refractivity contribution is 5.22. The third-order valence-corrected chi connectivity index (χ3v) is 3.45. The van der Waals surface area contributed by atoms with Gasteiger partial charge in [-0.1, -0.05) is 19.3 Å². The minimum absolute atomic E-state index is 0.490. The summed E-state index contributed by atoms with van der Waals surface area (Å²) in [7, 11) is 2.16. The summed E-state index contributed by atoms with van der Waals surface area (Å²) in [6, 6.07) is 0. The van der Waals surface area contributed by atoms with Crippen LogP contribution in [0.4, 0.5) is 5.82 Å². The molecule has 1 fully saturated rings. The molecule has 4 heteroatoms. The van der Waals surface area contributed by atoms with Crippen molar-refractivity contribution in [2.24, 2.45) is 5.92 Å². The summed E-state index contributed by atoms with van der Waals surface area (Å²) in [5, 5.41) is 0. The molecule has 0 atom stereocenters. The van der Waals surface area contributed by atoms with Crippen molar-refractivity contribution in [1.29, 1.82) is 0 Å². The molecule has 2 rings (SSSR count). The Bertz CT molecular complexity index is 330. The van der Waals surface area contributed by atoms with E-state index < -0.39 is 0 Å². The summed E-state index contributed by atoms with van der Waals surface area (Å²) in [5.41, 5.74) is 6.52. The number of nitrogens with two attached hydrogens (primary N) is 1. The van der Waals surface area contributed by atoms with Crippen molar-refractivity contribution in [2.45, 2.75) is 38.6 Å². The Morgan fingerprint density at radius 1 is 1.24 bits per heavy atom. The fourth-order valence-electron chi connectivity index (χ4n) is 2.60. The van der Waals surface area contributed by atoms with Crippen LogP contribution in [-0.2, 0) is 6.54 Å². The van der Waals surface area contributed by atoms with Crippen LogP contribution in [0.25, 0.3) is 0 Å². The minimum atomic E-state index is 0.490. The van der Waals surface area contributed by atoms with Crippen LogP contribution in [-0.4, -0.2) is 28.5 Å². The number of rotatable bonds is 4. The number of nitrogens with zero attached hydrogens (tertiary/aromatic N) is 3. The van der Waals surface area contributed by atoms with Crippen LogP contribution in [0, 0.1) is 5.92 Å². The van der Waals surface area contributed by atoms with E-state index in [0.717, 1.165) is 18.2 Å². The van der Waals surface area contributed by atoms with Crippen LogP contribution in [0.5, 0.6) is 0 Å². The zero-order valence-corrected chi connectivity index (χ0v) is 10.6. The predicted molar refractivity (Wildman–Crippen MR) is 69.4 cm³/mol. The molecule has 1 aromatic heterocycles. The van der Waals surface area contributed by atoms with Gasteiger partial charge in [0.2, 0.25) is 0 Å². The molecule has 1 aliphatic carbocycles. The molecule has 2 N–H and O–H groups in total. The molecular weight excluding hydrogens is 212 g/mol. The first-order valence-electron chi connectivity index (χ1n) is 6.49. The second-order valence-electron chi connectivity index (χ2n) is 5.13. The SMILES string of the molecule is CN(Cc1cnc(N)cn1)CC1CCCCC1. The van der Waals surface area contributed by atoms with Crippen molar-refractivity contribution in [3.8, 4) is 0 Å². The van der Waals surface area contributed by atoms with Gasteiger partial charge in [0.05, 0.1) is 18.1 Å². The third kappa shape index (κ3) is 3.97. The fourth-order valence-corrected chi connectivity index (χ4v) is 2.60. The Labute approximate surface area is 103 Å². The molecule has 0 amide bonds. The van der Waals surface area contributed by atoms with Gasteiger partial charge in [-0.25, -0.2) is 4.98 Å². The van der Waals surface area contributed by atoms with Crippen LogP contribution < -0.4 is 5.73 Å². The largest absolute Gasteiger partial charge is 0.382 e. The van der Waals surface area contributed by atoms with Crippen molar-refractivity contribution < 1.29 is 0 Å². The molecule has 0 spiro atoms. The molecule has 94 valence electrons. The van der Waals surface area contributed by atoms with Crippen LogP contribution in [0.2, 0.25) is 0 Å². The lowest BCUT2D eigenvalue weighted by molar-refractivity contribution is 0.226. The van der Waals surface area contributed by atoms with Gasteiger partial charge in [-0.15, -0.1) is 0 Å². The molecule has 1 heterocycles. The van der Waals surface area contributed by atoms with Gasteiger partial charge in [0.25, 0.3) is 0 Å². The van der Waals surface area contributed by atoms with E-state index in [1.165, 1.54) is 38.6 Å². The molecule has 0 aliphatic heterocycles. The number of hydrogen-bond donors (Lipinski definition) is 1. The van der Waals surface area contributed by atoms with Gasteiger partial charge in [-0.3, -0.25) is 4.98 Å². The fraction of sp³-hybridized carbons (Fsp3) is 0.692. The van der Waals surface area contributed by atoms with Gasteiger partial charge in [0, 0.05) is 13.1 Å². The molecule has 17 heavy (non-hydrogen) atoms. The number of nitrogen functional groups attached to an aromatic ring is 1. The van der Waals surface area contributed by atoms with E-state index in [1.807, 2.05) is 0 Å². The molecule has 0 bridgehead atoms. The lowest BCUT2D eigenvalue weighted by Gasteiger charge is -2.26. The first-order valence-corrected chi connectivity index (χ1v) is 6.49. The van der Waals surface area contributed by atoms with Gasteiger partial charge < -0.3 is 10.6 Å². The summed E-state index contributed by atoms with van der Waals surface area (Å²) in [5.74, 6) is 1.36. The van der Waals surface area contributed by atoms with Gasteiger partial charge in [0.15, 0.2) is 0 Å². The predicted octanol–water partition coefficient (Wildman–Crippen LogP) is 2.07. The molecule has 4 nitrogen and oxygen atoms in total. The van der Waals surface area contributed by atoms with Crippen LogP contribution >= 0.6 is 0 Å². The Hall–Kier alpha value is -1.16. The van der Waals surface area contributed by atoms with E-state index in [-0.39, 0.29) is 0 Å². The topological polar surface area (TPSA) is 55.0 Å². The highest BCUT2D eigenvalue weighted by Crippen LogP contribution is 2.24. The van der Waals surface area contributed by atoms with Crippen LogP contribution in [0.15, 0.2) is 12.4 Å². The quantitative estimate of drug-likeness (QED) is 0.866. The van der Waals surface area contributed by atoms with Crippen molar-refractivity contribution >= 4 is 5.82 Å². The highest BCUT2D eigenvalue weighted by atomic mass is 15.1. The number of aromatic nitrogens is 2. The number of anilines is 1. The Kier molecular flexibility index (Phi) is 4.31. The maximum Gasteiger partial charge on any atom is 0.141 e. The summed E-state index contributed by atoms with van der Waals surface area (Å²) < 4.78 is 0. The van der Waals surface area contributed by atoms with E-state index in [9.17, 15) is 0 Å². The average molecular weight is 234 g/mol. The van der Waals surface area contributed by atoms with Crippen molar-refractivity contribution in [3.05, 3.63) is 18.1 Å². The van der Waals surface area contributed by atoms with Gasteiger partial charge in [-0.05, 0) is 25.8 Å². The van der Waals surface area contributed by atoms with Gasteiger partial charge >= 0.3 is 0 Å². The highest BCUT2D eigenvalue weighted by Gasteiger charge is 2.15. The summed E-state index contributed by atoms with van der Waals surface area (Å²) in [6.45, 7) is 2.04. The lowest BCUT2D eigenvalue weighted by Crippen LogP contribution is -2.27. The first-order chi connectivity index (χ1) is 8.24. The van der Waals surface area contributed by atoms with Crippen molar-refractivity contribution in [2.75, 3.05) is 19.3 Å². The van der Waals surface area contributed by atoms with Crippen LogP contribution in [0.3, 0.4) is 0 Å². The Balaban J connectivity index is 1.79. The van der Waals surface area contributed by atoms with Gasteiger partial charge in [-0.2, -0.15) is 0 Å². The average Bonchev–Trinajstić information content (AvgIpc) is 2.33. The normalized spacial score (nSPS) is 17.5. The monoisotopic (exact) mass is 234 g/mol. The zero-order valence-electron chi connectivity index (χ0n) is 10.6. The summed E-state index contributed by atoms with van der Waals surface area (Å²) in [6.07, 6.45) is 10.4. The van der Waals surface area contributed by atoms with E-state index in [0.29, 0.717) is 5.82 Å². The van der Waals surface area contributed by atoms with E-state index in [2.05, 4.69) is 21.9 Å². The molecule has 1 saturated carbocycles. The molecule has 1 aromatic rings. The van der Waals surface area contributed by atoms with E-state index in [1.54, 1.807) is 12.4 Å². The van der Waals surface area contributed by atoms with E-state index >= 15 is 0 Å². The zero-order chi connectivity index (χ0) is 12.1. The molecule has 0 radical (unpaired) electrons. The Morgan fingerprint density at radius 2 is 2.00 bits per heavy atom. The maximum atomic E-state index is 5.52. The minimum Gasteiger partial charge on any atom is -0.382 e. The Morgan fingerprint density at radius 3 is 2.65 bits per heavy atom. The van der Waals surface area contributed by atoms with Crippen LogP contribution in [0.1, 0.15) is 37.8 Å². The smallest absolute Gasteiger partial charge is 0.141 e. The molecular formula is C13H22N4. The van der Waals surface area contributed by atoms with E-state index in [4.69, 9.17) is 5.73 Å². The standard InChI is InChI=1S/C13H22N4/c1-17(9-11-5-3-2-4-6-11)10-12-7-16-13(14)8-15-12/h7-8,11H,2-6,9-10H2,1H3,(H2,14,16). The molecule has 0 unspecified atom stereocenters. The third-order valence-electron chi connectivity index (χ3n) is 3.45. The summed E-state index contributed by atoms with van der Waals surface area (Å²) >= 11 is 0. The van der Waals surface area contributed by atoms with Crippen molar-refractivity contribution in [3.63, 3.8) is 0 Å². The molecule has 0 saturated heterocycles. The second kappa shape index (κ2) is 5.96.